The van der Waals surface area contributed by atoms with E-state index in [1.165, 1.54) is 24.7 Å². The van der Waals surface area contributed by atoms with E-state index in [-0.39, 0.29) is 5.95 Å². The van der Waals surface area contributed by atoms with Gasteiger partial charge in [0.25, 0.3) is 5.95 Å². The maximum absolute atomic E-state index is 12.0. The van der Waals surface area contributed by atoms with Crippen LogP contribution in [-0.2, 0) is 0 Å². The topological polar surface area (TPSA) is 118 Å². The number of nitrogens with two attached hydrogens (primary N) is 1. The fraction of sp³-hybridized carbons (Fsp3) is 0.0714. The highest BCUT2D eigenvalue weighted by molar-refractivity contribution is 7.12. The molecule has 3 aromatic rings. The summed E-state index contributed by atoms with van der Waals surface area (Å²) >= 11 is 1.30. The van der Waals surface area contributed by atoms with Crippen molar-refractivity contribution in [2.24, 2.45) is 5.10 Å². The van der Waals surface area contributed by atoms with Crippen LogP contribution in [0.5, 0.6) is 11.5 Å². The lowest BCUT2D eigenvalue weighted by molar-refractivity contribution is 0.0735. The summed E-state index contributed by atoms with van der Waals surface area (Å²) < 4.78 is 10.6. The Morgan fingerprint density at radius 2 is 2.25 bits per heavy atom. The van der Waals surface area contributed by atoms with Crippen molar-refractivity contribution >= 4 is 29.5 Å². The molecule has 0 aliphatic carbocycles. The van der Waals surface area contributed by atoms with Crippen molar-refractivity contribution in [3.63, 3.8) is 0 Å². The zero-order valence-electron chi connectivity index (χ0n) is 12.5. The molecule has 0 spiro atoms. The maximum Gasteiger partial charge on any atom is 0.353 e. The minimum atomic E-state index is -0.439. The highest BCUT2D eigenvalue weighted by Gasteiger charge is 2.13. The van der Waals surface area contributed by atoms with Crippen LogP contribution < -0.4 is 15.2 Å². The molecule has 2 aromatic heterocycles. The predicted molar refractivity (Wildman–Crippen MR) is 87.5 cm³/mol. The highest BCUT2D eigenvalue weighted by Crippen LogP contribution is 2.28. The number of benzene rings is 1. The first kappa shape index (κ1) is 15.6. The Balaban J connectivity index is 1.79. The van der Waals surface area contributed by atoms with Crippen LogP contribution in [0.15, 0.2) is 40.8 Å². The molecule has 0 bridgehead atoms. The van der Waals surface area contributed by atoms with Crippen LogP contribution in [-0.4, -0.2) is 39.6 Å². The normalized spacial score (nSPS) is 10.9. The monoisotopic (exact) mass is 344 g/mol. The van der Waals surface area contributed by atoms with Crippen molar-refractivity contribution in [2.45, 2.75) is 0 Å². The molecule has 0 saturated carbocycles. The highest BCUT2D eigenvalue weighted by atomic mass is 32.1. The minimum absolute atomic E-state index is 0.0692. The molecule has 0 aliphatic rings. The number of methoxy groups -OCH3 is 1. The van der Waals surface area contributed by atoms with Crippen LogP contribution in [0.2, 0.25) is 0 Å². The maximum atomic E-state index is 12.0. The standard InChI is InChI=1S/C14H12N6O3S/c1-22-11-7-9(8-16-20-14(15)17-18-19-20)4-5-10(11)23-13(21)12-3-2-6-24-12/h2-8H,1H3,(H2,15,17,19)/b16-8+. The smallest absolute Gasteiger partial charge is 0.353 e. The van der Waals surface area contributed by atoms with Gasteiger partial charge in [0, 0.05) is 0 Å². The average molecular weight is 344 g/mol. The molecule has 0 atom stereocenters. The predicted octanol–water partition coefficient (Wildman–Crippen LogP) is 1.43. The summed E-state index contributed by atoms with van der Waals surface area (Å²) in [5, 5.41) is 16.3. The lowest BCUT2D eigenvalue weighted by atomic mass is 10.2. The van der Waals surface area contributed by atoms with E-state index in [9.17, 15) is 4.79 Å². The van der Waals surface area contributed by atoms with Gasteiger partial charge in [-0.2, -0.15) is 5.10 Å². The average Bonchev–Trinajstić information content (AvgIpc) is 3.25. The third-order valence-corrected chi connectivity index (χ3v) is 3.76. The van der Waals surface area contributed by atoms with Crippen LogP contribution in [0.25, 0.3) is 0 Å². The molecule has 9 nitrogen and oxygen atoms in total. The number of tetrazole rings is 1. The lowest BCUT2D eigenvalue weighted by Gasteiger charge is -2.09. The van der Waals surface area contributed by atoms with Crippen molar-refractivity contribution in [1.82, 2.24) is 20.3 Å². The van der Waals surface area contributed by atoms with Gasteiger partial charge in [-0.25, -0.2) is 4.79 Å². The second-order valence-electron chi connectivity index (χ2n) is 4.45. The summed E-state index contributed by atoms with van der Waals surface area (Å²) in [5.41, 5.74) is 6.21. The van der Waals surface area contributed by atoms with Crippen LogP contribution in [0, 0.1) is 0 Å². The molecule has 122 valence electrons. The molecule has 0 aliphatic heterocycles. The number of rotatable bonds is 5. The Hall–Kier alpha value is -3.27. The zero-order valence-corrected chi connectivity index (χ0v) is 13.3. The fourth-order valence-corrected chi connectivity index (χ4v) is 2.39. The first-order valence-electron chi connectivity index (χ1n) is 6.69. The Labute approximate surface area is 140 Å². The van der Waals surface area contributed by atoms with Gasteiger partial charge in [-0.15, -0.1) is 11.3 Å². The SMILES string of the molecule is COc1cc(/C=N/n2nnnc2N)ccc1OC(=O)c1cccs1. The van der Waals surface area contributed by atoms with Gasteiger partial charge in [-0.3, -0.25) is 0 Å². The molecule has 10 heteroatoms. The quantitative estimate of drug-likeness (QED) is 0.422. The Kier molecular flexibility index (Phi) is 4.47. The van der Waals surface area contributed by atoms with Crippen molar-refractivity contribution in [2.75, 3.05) is 12.8 Å². The van der Waals surface area contributed by atoms with E-state index in [2.05, 4.69) is 20.6 Å². The summed E-state index contributed by atoms with van der Waals surface area (Å²) in [7, 11) is 1.48. The third-order valence-electron chi connectivity index (χ3n) is 2.91. The molecule has 0 unspecified atom stereocenters. The van der Waals surface area contributed by atoms with Gasteiger partial charge in [0.05, 0.1) is 13.3 Å². The van der Waals surface area contributed by atoms with E-state index in [1.54, 1.807) is 35.7 Å². The molecular formula is C14H12N6O3S. The number of aromatic nitrogens is 4. The number of hydrogen-bond acceptors (Lipinski definition) is 9. The van der Waals surface area contributed by atoms with E-state index in [0.717, 1.165) is 4.79 Å². The van der Waals surface area contributed by atoms with E-state index >= 15 is 0 Å². The second kappa shape index (κ2) is 6.87. The summed E-state index contributed by atoms with van der Waals surface area (Å²) in [6, 6.07) is 8.47. The number of carbonyl (C=O) groups is 1. The third kappa shape index (κ3) is 3.38. The number of nitrogen functional groups attached to an aromatic ring is 1. The van der Waals surface area contributed by atoms with Gasteiger partial charge in [-0.1, -0.05) is 16.0 Å². The van der Waals surface area contributed by atoms with Crippen LogP contribution >= 0.6 is 11.3 Å². The largest absolute Gasteiger partial charge is 0.493 e. The van der Waals surface area contributed by atoms with Gasteiger partial charge < -0.3 is 15.2 Å². The summed E-state index contributed by atoms with van der Waals surface area (Å²) in [5.74, 6) is 0.342. The number of carbonyl (C=O) groups excluding carboxylic acids is 1. The molecule has 1 aromatic carbocycles. The zero-order chi connectivity index (χ0) is 16.9. The van der Waals surface area contributed by atoms with E-state index in [1.807, 2.05) is 0 Å². The first-order valence-corrected chi connectivity index (χ1v) is 7.57. The molecule has 0 radical (unpaired) electrons. The Bertz CT molecular complexity index is 875. The molecular weight excluding hydrogens is 332 g/mol. The van der Waals surface area contributed by atoms with Crippen molar-refractivity contribution in [3.8, 4) is 11.5 Å². The molecule has 2 N–H and O–H groups in total. The van der Waals surface area contributed by atoms with E-state index in [4.69, 9.17) is 15.2 Å². The summed E-state index contributed by atoms with van der Waals surface area (Å²) in [6.45, 7) is 0. The van der Waals surface area contributed by atoms with Gasteiger partial charge in [0.15, 0.2) is 11.5 Å². The van der Waals surface area contributed by atoms with Crippen LogP contribution in [0.3, 0.4) is 0 Å². The van der Waals surface area contributed by atoms with Gasteiger partial charge in [-0.05, 0) is 45.6 Å². The van der Waals surface area contributed by atoms with Crippen LogP contribution in [0.1, 0.15) is 15.2 Å². The van der Waals surface area contributed by atoms with Gasteiger partial charge >= 0.3 is 5.97 Å². The van der Waals surface area contributed by atoms with Gasteiger partial charge in [0.2, 0.25) is 0 Å². The van der Waals surface area contributed by atoms with E-state index in [0.29, 0.717) is 21.9 Å². The lowest BCUT2D eigenvalue weighted by Crippen LogP contribution is -2.07. The summed E-state index contributed by atoms with van der Waals surface area (Å²) in [6.07, 6.45) is 1.50. The molecule has 2 heterocycles. The minimum Gasteiger partial charge on any atom is -0.493 e. The summed E-state index contributed by atoms with van der Waals surface area (Å²) in [4.78, 5) is 13.6. The van der Waals surface area contributed by atoms with Crippen molar-refractivity contribution in [3.05, 3.63) is 46.2 Å². The number of ether oxygens (including phenoxy) is 2. The van der Waals surface area contributed by atoms with Gasteiger partial charge in [0.1, 0.15) is 4.88 Å². The molecule has 3 rings (SSSR count). The number of anilines is 1. The molecule has 0 fully saturated rings. The number of nitrogens with zero attached hydrogens (tertiary/aromatic N) is 5. The van der Waals surface area contributed by atoms with E-state index < -0.39 is 5.97 Å². The first-order chi connectivity index (χ1) is 11.7. The molecule has 0 saturated heterocycles. The van der Waals surface area contributed by atoms with Crippen LogP contribution in [0.4, 0.5) is 5.95 Å². The Morgan fingerprint density at radius 1 is 1.38 bits per heavy atom. The molecule has 24 heavy (non-hydrogen) atoms. The molecule has 0 amide bonds. The fourth-order valence-electron chi connectivity index (χ4n) is 1.79. The number of hydrogen-bond donors (Lipinski definition) is 1. The van der Waals surface area contributed by atoms with Crippen molar-refractivity contribution in [1.29, 1.82) is 0 Å². The Morgan fingerprint density at radius 3 is 2.92 bits per heavy atom. The second-order valence-corrected chi connectivity index (χ2v) is 5.40. The number of thiophene rings is 1. The van der Waals surface area contributed by atoms with Crippen molar-refractivity contribution < 1.29 is 14.3 Å². The number of esters is 1.